The normalized spacial score (nSPS) is 13.5. The summed E-state index contributed by atoms with van der Waals surface area (Å²) in [4.78, 5) is 41.8. The first-order valence-corrected chi connectivity index (χ1v) is 12.0. The molecular weight excluding hydrogens is 454 g/mol. The van der Waals surface area contributed by atoms with Gasteiger partial charge in [-0.2, -0.15) is 0 Å². The first kappa shape index (κ1) is 24.7. The molecule has 0 spiro atoms. The van der Waals surface area contributed by atoms with Gasteiger partial charge < -0.3 is 19.9 Å². The smallest absolute Gasteiger partial charge is 0.338 e. The minimum absolute atomic E-state index is 0.00693. The molecule has 1 fully saturated rings. The molecule has 1 aliphatic rings. The van der Waals surface area contributed by atoms with E-state index in [0.717, 1.165) is 11.3 Å². The van der Waals surface area contributed by atoms with Crippen LogP contribution in [0, 0.1) is 0 Å². The highest BCUT2D eigenvalue weighted by atomic mass is 16.5. The monoisotopic (exact) mass is 483 g/mol. The number of benzene rings is 3. The van der Waals surface area contributed by atoms with Gasteiger partial charge in [-0.25, -0.2) is 4.79 Å². The lowest BCUT2D eigenvalue weighted by molar-refractivity contribution is -0.111. The zero-order valence-corrected chi connectivity index (χ0v) is 20.2. The highest BCUT2D eigenvalue weighted by molar-refractivity contribution is 6.05. The van der Waals surface area contributed by atoms with Gasteiger partial charge in [-0.15, -0.1) is 0 Å². The first-order valence-electron chi connectivity index (χ1n) is 12.0. The standard InChI is InChI=1S/C29H29N3O4/c1-2-36-29(35)24-14-15-26(25(21-24)30-27(33)16-13-22-9-5-3-6-10-22)31-17-19-32(20-18-31)28(34)23-11-7-4-8-12-23/h3-16,21H,2,17-20H2,1H3,(H,30,33). The number of ether oxygens (including phenoxy) is 1. The summed E-state index contributed by atoms with van der Waals surface area (Å²) in [7, 11) is 0. The predicted molar refractivity (Wildman–Crippen MR) is 141 cm³/mol. The Morgan fingerprint density at radius 2 is 1.53 bits per heavy atom. The number of piperazine rings is 1. The number of hydrogen-bond donors (Lipinski definition) is 1. The van der Waals surface area contributed by atoms with E-state index in [2.05, 4.69) is 10.2 Å². The molecule has 1 heterocycles. The average Bonchev–Trinajstić information content (AvgIpc) is 2.93. The second kappa shape index (κ2) is 11.8. The molecule has 7 nitrogen and oxygen atoms in total. The number of esters is 1. The van der Waals surface area contributed by atoms with Crippen LogP contribution in [0.5, 0.6) is 0 Å². The largest absolute Gasteiger partial charge is 0.462 e. The Bertz CT molecular complexity index is 1230. The quantitative estimate of drug-likeness (QED) is 0.396. The van der Waals surface area contributed by atoms with Crippen molar-refractivity contribution in [2.45, 2.75) is 6.92 Å². The molecule has 184 valence electrons. The van der Waals surface area contributed by atoms with Gasteiger partial charge in [0.05, 0.1) is 23.5 Å². The molecule has 0 radical (unpaired) electrons. The van der Waals surface area contributed by atoms with E-state index in [1.807, 2.05) is 71.6 Å². The van der Waals surface area contributed by atoms with Crippen LogP contribution in [0.1, 0.15) is 33.2 Å². The third kappa shape index (κ3) is 6.18. The molecule has 2 amide bonds. The van der Waals surface area contributed by atoms with Gasteiger partial charge in [0.2, 0.25) is 5.91 Å². The van der Waals surface area contributed by atoms with Crippen LogP contribution in [0.25, 0.3) is 6.08 Å². The Hall–Kier alpha value is -4.39. The summed E-state index contributed by atoms with van der Waals surface area (Å²) in [5.74, 6) is -0.746. The molecule has 1 aliphatic heterocycles. The molecule has 3 aromatic rings. The molecule has 0 unspecified atom stereocenters. The Balaban J connectivity index is 1.50. The lowest BCUT2D eigenvalue weighted by atomic mass is 10.1. The maximum atomic E-state index is 12.8. The second-order valence-corrected chi connectivity index (χ2v) is 8.33. The van der Waals surface area contributed by atoms with Crippen LogP contribution in [0.2, 0.25) is 0 Å². The summed E-state index contributed by atoms with van der Waals surface area (Å²) >= 11 is 0. The summed E-state index contributed by atoms with van der Waals surface area (Å²) < 4.78 is 5.14. The minimum Gasteiger partial charge on any atom is -0.462 e. The van der Waals surface area contributed by atoms with Crippen molar-refractivity contribution in [3.8, 4) is 0 Å². The Morgan fingerprint density at radius 3 is 2.19 bits per heavy atom. The van der Waals surface area contributed by atoms with Gasteiger partial charge in [0.15, 0.2) is 0 Å². The number of rotatable bonds is 7. The van der Waals surface area contributed by atoms with Crippen molar-refractivity contribution in [3.63, 3.8) is 0 Å². The maximum Gasteiger partial charge on any atom is 0.338 e. The van der Waals surface area contributed by atoms with Crippen LogP contribution in [0.4, 0.5) is 11.4 Å². The predicted octanol–water partition coefficient (Wildman–Crippen LogP) is 4.48. The van der Waals surface area contributed by atoms with Gasteiger partial charge in [-0.05, 0) is 48.9 Å². The van der Waals surface area contributed by atoms with Gasteiger partial charge >= 0.3 is 5.97 Å². The molecule has 0 bridgehead atoms. The Morgan fingerprint density at radius 1 is 0.861 bits per heavy atom. The van der Waals surface area contributed by atoms with Crippen LogP contribution in [0.3, 0.4) is 0 Å². The van der Waals surface area contributed by atoms with Crippen molar-refractivity contribution < 1.29 is 19.1 Å². The summed E-state index contributed by atoms with van der Waals surface area (Å²) in [5.41, 5.74) is 3.25. The van der Waals surface area contributed by atoms with E-state index in [1.54, 1.807) is 25.1 Å². The van der Waals surface area contributed by atoms with Gasteiger partial charge in [0, 0.05) is 37.8 Å². The average molecular weight is 484 g/mol. The number of amides is 2. The van der Waals surface area contributed by atoms with E-state index in [9.17, 15) is 14.4 Å². The number of carbonyl (C=O) groups is 3. The molecule has 0 saturated carbocycles. The first-order chi connectivity index (χ1) is 17.5. The summed E-state index contributed by atoms with van der Waals surface area (Å²) in [6, 6.07) is 23.9. The molecule has 0 aromatic heterocycles. The molecule has 0 aliphatic carbocycles. The summed E-state index contributed by atoms with van der Waals surface area (Å²) in [6.07, 6.45) is 3.20. The SMILES string of the molecule is CCOC(=O)c1ccc(N2CCN(C(=O)c3ccccc3)CC2)c(NC(=O)C=Cc2ccccc2)c1. The van der Waals surface area contributed by atoms with Crippen molar-refractivity contribution in [3.05, 3.63) is 102 Å². The van der Waals surface area contributed by atoms with Crippen LogP contribution in [-0.4, -0.2) is 55.5 Å². The van der Waals surface area contributed by atoms with E-state index in [1.165, 1.54) is 6.08 Å². The van der Waals surface area contributed by atoms with E-state index < -0.39 is 5.97 Å². The van der Waals surface area contributed by atoms with Crippen molar-refractivity contribution >= 4 is 35.2 Å². The molecule has 7 heteroatoms. The lowest BCUT2D eigenvalue weighted by Gasteiger charge is -2.37. The Labute approximate surface area is 211 Å². The molecule has 1 N–H and O–H groups in total. The highest BCUT2D eigenvalue weighted by Crippen LogP contribution is 2.29. The van der Waals surface area contributed by atoms with Gasteiger partial charge in [0.1, 0.15) is 0 Å². The minimum atomic E-state index is -0.447. The van der Waals surface area contributed by atoms with Crippen molar-refractivity contribution in [2.24, 2.45) is 0 Å². The lowest BCUT2D eigenvalue weighted by Crippen LogP contribution is -2.49. The van der Waals surface area contributed by atoms with E-state index in [0.29, 0.717) is 43.0 Å². The number of nitrogens with one attached hydrogen (secondary N) is 1. The topological polar surface area (TPSA) is 79.0 Å². The molecule has 4 rings (SSSR count). The zero-order chi connectivity index (χ0) is 25.3. The fraction of sp³-hybridized carbons (Fsp3) is 0.207. The number of hydrogen-bond acceptors (Lipinski definition) is 5. The van der Waals surface area contributed by atoms with E-state index >= 15 is 0 Å². The van der Waals surface area contributed by atoms with Crippen LogP contribution < -0.4 is 10.2 Å². The van der Waals surface area contributed by atoms with E-state index in [-0.39, 0.29) is 18.4 Å². The maximum absolute atomic E-state index is 12.8. The molecule has 1 saturated heterocycles. The van der Waals surface area contributed by atoms with Gasteiger partial charge in [0.25, 0.3) is 5.91 Å². The fourth-order valence-electron chi connectivity index (χ4n) is 4.08. The zero-order valence-electron chi connectivity index (χ0n) is 20.2. The van der Waals surface area contributed by atoms with Crippen molar-refractivity contribution in [1.82, 2.24) is 4.90 Å². The number of carbonyl (C=O) groups excluding carboxylic acids is 3. The highest BCUT2D eigenvalue weighted by Gasteiger charge is 2.24. The second-order valence-electron chi connectivity index (χ2n) is 8.33. The van der Waals surface area contributed by atoms with Crippen LogP contribution >= 0.6 is 0 Å². The number of nitrogens with zero attached hydrogens (tertiary/aromatic N) is 2. The van der Waals surface area contributed by atoms with Gasteiger partial charge in [-0.3, -0.25) is 9.59 Å². The Kier molecular flexibility index (Phi) is 8.13. The number of anilines is 2. The van der Waals surface area contributed by atoms with Crippen LogP contribution in [-0.2, 0) is 9.53 Å². The van der Waals surface area contributed by atoms with E-state index in [4.69, 9.17) is 4.74 Å². The van der Waals surface area contributed by atoms with Crippen LogP contribution in [0.15, 0.2) is 84.9 Å². The van der Waals surface area contributed by atoms with Crippen molar-refractivity contribution in [2.75, 3.05) is 43.0 Å². The summed E-state index contributed by atoms with van der Waals surface area (Å²) in [5, 5.41) is 2.92. The molecule has 0 atom stereocenters. The third-order valence-corrected chi connectivity index (χ3v) is 5.92. The van der Waals surface area contributed by atoms with Gasteiger partial charge in [-0.1, -0.05) is 48.5 Å². The summed E-state index contributed by atoms with van der Waals surface area (Å²) in [6.45, 7) is 4.31. The fourth-order valence-corrected chi connectivity index (χ4v) is 4.08. The third-order valence-electron chi connectivity index (χ3n) is 5.92. The molecular formula is C29H29N3O4. The molecule has 36 heavy (non-hydrogen) atoms. The van der Waals surface area contributed by atoms with Crippen molar-refractivity contribution in [1.29, 1.82) is 0 Å². The molecule has 3 aromatic carbocycles.